The number of unbranched alkanes of at least 4 members (excludes halogenated alkanes) is 24. The molecule has 2 N–H and O–H groups in total. The standard InChI is InChI=1S/C53H97NO9/c1-4-7-9-11-17-25-35-47(37-27-19-13-15-21-29-39-49(54)55)48(36-26-18-12-10-8-5-2)38-28-20-14-16-22-30-40-51(57)60-43-33-23-31-41-52(58)61-44-34-24-32-42-53(59)63-46-45-62-50(56)6-3/h6,47-48H,3-5,7-46H2,1-2H3,(H2,54,55). The summed E-state index contributed by atoms with van der Waals surface area (Å²) in [6.45, 7) is 8.64. The predicted molar refractivity (Wildman–Crippen MR) is 257 cm³/mol. The van der Waals surface area contributed by atoms with E-state index in [1.165, 1.54) is 154 Å². The number of carbonyl (C=O) groups excluding carboxylic acids is 5. The Morgan fingerprint density at radius 1 is 0.381 bits per heavy atom. The summed E-state index contributed by atoms with van der Waals surface area (Å²) < 4.78 is 20.5. The largest absolute Gasteiger partial charge is 0.466 e. The molecule has 2 unspecified atom stereocenters. The summed E-state index contributed by atoms with van der Waals surface area (Å²) in [5.41, 5.74) is 5.32. The highest BCUT2D eigenvalue weighted by Crippen LogP contribution is 2.34. The molecule has 10 nitrogen and oxygen atoms in total. The molecule has 0 saturated carbocycles. The Hall–Kier alpha value is -2.91. The highest BCUT2D eigenvalue weighted by Gasteiger charge is 2.21. The molecule has 0 aromatic rings. The van der Waals surface area contributed by atoms with Gasteiger partial charge in [0, 0.05) is 31.8 Å². The van der Waals surface area contributed by atoms with Crippen LogP contribution >= 0.6 is 0 Å². The van der Waals surface area contributed by atoms with Gasteiger partial charge in [-0.1, -0.05) is 187 Å². The van der Waals surface area contributed by atoms with Crippen LogP contribution in [-0.2, 0) is 42.9 Å². The van der Waals surface area contributed by atoms with Crippen molar-refractivity contribution in [1.29, 1.82) is 0 Å². The second-order valence-electron chi connectivity index (χ2n) is 18.1. The smallest absolute Gasteiger partial charge is 0.330 e. The quantitative estimate of drug-likeness (QED) is 0.0273. The van der Waals surface area contributed by atoms with Crippen molar-refractivity contribution in [1.82, 2.24) is 0 Å². The maximum absolute atomic E-state index is 12.3. The molecule has 0 saturated heterocycles. The monoisotopic (exact) mass is 892 g/mol. The van der Waals surface area contributed by atoms with E-state index in [9.17, 15) is 24.0 Å². The van der Waals surface area contributed by atoms with E-state index in [0.717, 1.165) is 62.9 Å². The second kappa shape index (κ2) is 47.1. The van der Waals surface area contributed by atoms with Crippen molar-refractivity contribution in [3.8, 4) is 0 Å². The Balaban J connectivity index is 4.28. The molecule has 0 rings (SSSR count). The Morgan fingerprint density at radius 3 is 1.02 bits per heavy atom. The summed E-state index contributed by atoms with van der Waals surface area (Å²) >= 11 is 0. The lowest BCUT2D eigenvalue weighted by Gasteiger charge is -2.28. The second-order valence-corrected chi connectivity index (χ2v) is 18.1. The van der Waals surface area contributed by atoms with Crippen LogP contribution in [0.25, 0.3) is 0 Å². The van der Waals surface area contributed by atoms with Gasteiger partial charge in [0.05, 0.1) is 13.2 Å². The molecule has 1 amide bonds. The van der Waals surface area contributed by atoms with E-state index in [1.807, 2.05) is 0 Å². The number of hydrogen-bond acceptors (Lipinski definition) is 9. The van der Waals surface area contributed by atoms with E-state index < -0.39 is 5.97 Å². The van der Waals surface area contributed by atoms with Crippen LogP contribution in [0.15, 0.2) is 12.7 Å². The lowest BCUT2D eigenvalue weighted by atomic mass is 9.78. The van der Waals surface area contributed by atoms with Gasteiger partial charge in [0.15, 0.2) is 0 Å². The Bertz CT molecular complexity index is 1110. The third kappa shape index (κ3) is 44.1. The van der Waals surface area contributed by atoms with E-state index in [-0.39, 0.29) is 43.4 Å². The van der Waals surface area contributed by atoms with Gasteiger partial charge in [-0.2, -0.15) is 0 Å². The van der Waals surface area contributed by atoms with Crippen molar-refractivity contribution in [2.24, 2.45) is 17.6 Å². The molecule has 0 aliphatic rings. The third-order valence-electron chi connectivity index (χ3n) is 12.3. The SMILES string of the molecule is C=CC(=O)OCCOC(=O)CCCCCOC(=O)CCCCCOC(=O)CCCCCCCCC(CCCCCCCC)C(CCCCCCCC)CCCCCCCCC(N)=O. The molecule has 0 fully saturated rings. The van der Waals surface area contributed by atoms with Crippen LogP contribution in [0.1, 0.15) is 258 Å². The first-order chi connectivity index (χ1) is 30.7. The first kappa shape index (κ1) is 60.1. The Labute approximate surface area is 386 Å². The molecule has 0 bridgehead atoms. The highest BCUT2D eigenvalue weighted by molar-refractivity contribution is 5.81. The summed E-state index contributed by atoms with van der Waals surface area (Å²) in [7, 11) is 0. The lowest BCUT2D eigenvalue weighted by molar-refractivity contribution is -0.149. The van der Waals surface area contributed by atoms with Crippen LogP contribution in [0.4, 0.5) is 0 Å². The van der Waals surface area contributed by atoms with Crippen LogP contribution in [0.3, 0.4) is 0 Å². The molecule has 0 aromatic heterocycles. The molecule has 0 aliphatic carbocycles. The van der Waals surface area contributed by atoms with Gasteiger partial charge < -0.3 is 24.7 Å². The van der Waals surface area contributed by atoms with Crippen LogP contribution < -0.4 is 5.73 Å². The van der Waals surface area contributed by atoms with Crippen LogP contribution in [-0.4, -0.2) is 56.2 Å². The minimum atomic E-state index is -0.551. The zero-order valence-electron chi connectivity index (χ0n) is 40.9. The number of amides is 1. The van der Waals surface area contributed by atoms with Crippen LogP contribution in [0.2, 0.25) is 0 Å². The number of carbonyl (C=O) groups is 5. The van der Waals surface area contributed by atoms with Crippen molar-refractivity contribution in [3.05, 3.63) is 12.7 Å². The fourth-order valence-electron chi connectivity index (χ4n) is 8.44. The number of nitrogens with two attached hydrogens (primary N) is 1. The number of primary amides is 1. The van der Waals surface area contributed by atoms with Crippen molar-refractivity contribution in [2.45, 2.75) is 258 Å². The Morgan fingerprint density at radius 2 is 0.667 bits per heavy atom. The van der Waals surface area contributed by atoms with Gasteiger partial charge in [-0.25, -0.2) is 4.79 Å². The van der Waals surface area contributed by atoms with E-state index in [2.05, 4.69) is 20.4 Å². The zero-order chi connectivity index (χ0) is 46.3. The summed E-state index contributed by atoms with van der Waals surface area (Å²) in [6, 6.07) is 0. The predicted octanol–water partition coefficient (Wildman–Crippen LogP) is 13.9. The number of hydrogen-bond donors (Lipinski definition) is 1. The molecule has 0 aliphatic heterocycles. The van der Waals surface area contributed by atoms with Gasteiger partial charge in [0.25, 0.3) is 0 Å². The number of rotatable bonds is 49. The molecule has 0 radical (unpaired) electrons. The third-order valence-corrected chi connectivity index (χ3v) is 12.3. The minimum absolute atomic E-state index is 0.00559. The molecule has 0 heterocycles. The average molecular weight is 892 g/mol. The molecule has 2 atom stereocenters. The number of esters is 4. The van der Waals surface area contributed by atoms with Gasteiger partial charge in [-0.3, -0.25) is 19.2 Å². The topological polar surface area (TPSA) is 148 Å². The maximum atomic E-state index is 12.3. The van der Waals surface area contributed by atoms with Crippen LogP contribution in [0.5, 0.6) is 0 Å². The number of ether oxygens (including phenoxy) is 4. The molecule has 0 aromatic carbocycles. The first-order valence-electron chi connectivity index (χ1n) is 26.3. The molecular weight excluding hydrogens is 795 g/mol. The lowest BCUT2D eigenvalue weighted by Crippen LogP contribution is -2.16. The van der Waals surface area contributed by atoms with Gasteiger partial charge in [0.1, 0.15) is 13.2 Å². The average Bonchev–Trinajstić information content (AvgIpc) is 3.27. The van der Waals surface area contributed by atoms with Crippen molar-refractivity contribution in [3.63, 3.8) is 0 Å². The first-order valence-corrected chi connectivity index (χ1v) is 26.3. The zero-order valence-corrected chi connectivity index (χ0v) is 40.9. The normalized spacial score (nSPS) is 12.1. The van der Waals surface area contributed by atoms with Crippen molar-refractivity contribution >= 4 is 29.8 Å². The molecular formula is C53H97NO9. The molecule has 0 spiro atoms. The van der Waals surface area contributed by atoms with E-state index in [4.69, 9.17) is 24.7 Å². The van der Waals surface area contributed by atoms with Gasteiger partial charge in [-0.05, 0) is 63.2 Å². The fraction of sp³-hybridized carbons (Fsp3) is 0.868. The summed E-state index contributed by atoms with van der Waals surface area (Å²) in [5, 5.41) is 0. The highest BCUT2D eigenvalue weighted by atomic mass is 16.6. The van der Waals surface area contributed by atoms with Gasteiger partial charge in [0.2, 0.25) is 5.91 Å². The van der Waals surface area contributed by atoms with Gasteiger partial charge >= 0.3 is 23.9 Å². The summed E-state index contributed by atoms with van der Waals surface area (Å²) in [4.78, 5) is 58.0. The van der Waals surface area contributed by atoms with Crippen LogP contribution in [0, 0.1) is 11.8 Å². The van der Waals surface area contributed by atoms with Crippen molar-refractivity contribution < 1.29 is 42.9 Å². The van der Waals surface area contributed by atoms with Crippen molar-refractivity contribution in [2.75, 3.05) is 26.4 Å². The fourth-order valence-corrected chi connectivity index (χ4v) is 8.44. The van der Waals surface area contributed by atoms with Gasteiger partial charge in [-0.15, -0.1) is 0 Å². The molecule has 368 valence electrons. The molecule has 63 heavy (non-hydrogen) atoms. The minimum Gasteiger partial charge on any atom is -0.466 e. The maximum Gasteiger partial charge on any atom is 0.330 e. The summed E-state index contributed by atoms with van der Waals surface area (Å²) in [5.74, 6) is 0.302. The Kier molecular flexibility index (Phi) is 44.9. The summed E-state index contributed by atoms with van der Waals surface area (Å²) in [6.07, 6.45) is 43.2. The molecule has 10 heteroatoms. The van der Waals surface area contributed by atoms with E-state index in [1.54, 1.807) is 0 Å². The van der Waals surface area contributed by atoms with E-state index in [0.29, 0.717) is 51.7 Å². The van der Waals surface area contributed by atoms with E-state index >= 15 is 0 Å².